The molecule has 0 spiro atoms. The lowest BCUT2D eigenvalue weighted by atomic mass is 10.2. The maximum atomic E-state index is 12.0. The molecule has 8 nitrogen and oxygen atoms in total. The largest absolute Gasteiger partial charge is 0.393 e. The molecule has 0 aliphatic carbocycles. The molecule has 25 heavy (non-hydrogen) atoms. The molecule has 0 aliphatic rings. The van der Waals surface area contributed by atoms with Crippen LogP contribution >= 0.6 is 0 Å². The monoisotopic (exact) mass is 335 g/mol. The molecule has 3 rings (SSSR count). The Hall–Kier alpha value is -3.68. The predicted octanol–water partition coefficient (Wildman–Crippen LogP) is 1.82. The third-order valence-electron chi connectivity index (χ3n) is 3.40. The Bertz CT molecular complexity index is 840. The number of carbonyl (C=O) groups is 1. The highest BCUT2D eigenvalue weighted by atomic mass is 16.2. The second kappa shape index (κ2) is 7.73. The van der Waals surface area contributed by atoms with E-state index in [4.69, 9.17) is 5.73 Å². The Kier molecular flexibility index (Phi) is 5.01. The first-order valence-electron chi connectivity index (χ1n) is 7.58. The van der Waals surface area contributed by atoms with Gasteiger partial charge in [0.1, 0.15) is 12.0 Å². The molecule has 5 N–H and O–H groups in total. The highest BCUT2D eigenvalue weighted by Crippen LogP contribution is 2.22. The first-order chi connectivity index (χ1) is 12.2. The number of carbonyl (C=O) groups excluding carboxylic acids is 1. The van der Waals surface area contributed by atoms with Gasteiger partial charge in [0.05, 0.1) is 0 Å². The number of aromatic nitrogens is 3. The molecule has 0 bridgehead atoms. The fraction of sp³-hybridized carbons (Fsp3) is 0.0588. The molecule has 2 aromatic heterocycles. The van der Waals surface area contributed by atoms with Crippen molar-refractivity contribution in [1.82, 2.24) is 20.4 Å². The van der Waals surface area contributed by atoms with Gasteiger partial charge in [0, 0.05) is 24.5 Å². The lowest BCUT2D eigenvalue weighted by molar-refractivity contribution is 0.0962. The van der Waals surface area contributed by atoms with Gasteiger partial charge in [-0.3, -0.25) is 20.6 Å². The Labute approximate surface area is 144 Å². The van der Waals surface area contributed by atoms with E-state index in [1.54, 1.807) is 36.7 Å². The molecule has 0 unspecified atom stereocenters. The molecule has 0 saturated heterocycles. The molecule has 0 aliphatic heterocycles. The van der Waals surface area contributed by atoms with Crippen molar-refractivity contribution in [3.8, 4) is 0 Å². The number of hydrogen-bond acceptors (Lipinski definition) is 7. The van der Waals surface area contributed by atoms with E-state index in [1.165, 1.54) is 6.33 Å². The second-order valence-corrected chi connectivity index (χ2v) is 5.14. The van der Waals surface area contributed by atoms with Gasteiger partial charge in [-0.1, -0.05) is 24.3 Å². The average molecular weight is 335 g/mol. The Morgan fingerprint density at radius 2 is 1.84 bits per heavy atom. The number of hydrogen-bond donors (Lipinski definition) is 4. The van der Waals surface area contributed by atoms with Gasteiger partial charge in [-0.15, -0.1) is 0 Å². The number of pyridine rings is 1. The topological polar surface area (TPSA) is 118 Å². The minimum atomic E-state index is -0.288. The summed E-state index contributed by atoms with van der Waals surface area (Å²) in [6.45, 7) is 0.519. The van der Waals surface area contributed by atoms with Gasteiger partial charge < -0.3 is 11.1 Å². The van der Waals surface area contributed by atoms with Gasteiger partial charge in [-0.05, 0) is 23.8 Å². The van der Waals surface area contributed by atoms with E-state index in [0.29, 0.717) is 29.4 Å². The standard InChI is InChI=1S/C17H17N7O/c18-14-15(20-10-12-5-4-8-19-9-12)21-11-22-16(14)23-24-17(25)13-6-2-1-3-7-13/h1-9,11H,10,18H2,(H,24,25)(H2,20,21,22,23). The third kappa shape index (κ3) is 4.20. The maximum Gasteiger partial charge on any atom is 0.269 e. The van der Waals surface area contributed by atoms with E-state index >= 15 is 0 Å². The summed E-state index contributed by atoms with van der Waals surface area (Å²) in [5.41, 5.74) is 13.2. The molecule has 8 heteroatoms. The van der Waals surface area contributed by atoms with E-state index in [-0.39, 0.29) is 5.91 Å². The fourth-order valence-electron chi connectivity index (χ4n) is 2.10. The van der Waals surface area contributed by atoms with Crippen molar-refractivity contribution in [2.75, 3.05) is 16.5 Å². The van der Waals surface area contributed by atoms with Crippen molar-refractivity contribution in [3.05, 3.63) is 72.3 Å². The van der Waals surface area contributed by atoms with Crippen molar-refractivity contribution >= 4 is 23.2 Å². The summed E-state index contributed by atoms with van der Waals surface area (Å²) in [5.74, 6) is 0.492. The third-order valence-corrected chi connectivity index (χ3v) is 3.40. The SMILES string of the molecule is Nc1c(NCc2cccnc2)ncnc1NNC(=O)c1ccccc1. The summed E-state index contributed by atoms with van der Waals surface area (Å²) in [4.78, 5) is 24.3. The van der Waals surface area contributed by atoms with Crippen LogP contribution in [0.3, 0.4) is 0 Å². The summed E-state index contributed by atoms with van der Waals surface area (Å²) >= 11 is 0. The van der Waals surface area contributed by atoms with E-state index in [9.17, 15) is 4.79 Å². The van der Waals surface area contributed by atoms with Gasteiger partial charge >= 0.3 is 0 Å². The van der Waals surface area contributed by atoms with Gasteiger partial charge in [0.15, 0.2) is 11.6 Å². The summed E-state index contributed by atoms with van der Waals surface area (Å²) in [5, 5.41) is 3.12. The first-order valence-corrected chi connectivity index (χ1v) is 7.58. The van der Waals surface area contributed by atoms with Crippen molar-refractivity contribution in [2.24, 2.45) is 0 Å². The van der Waals surface area contributed by atoms with Gasteiger partial charge in [0.25, 0.3) is 5.91 Å². The Morgan fingerprint density at radius 1 is 1.04 bits per heavy atom. The van der Waals surface area contributed by atoms with Crippen LogP contribution in [0.4, 0.5) is 17.3 Å². The number of rotatable bonds is 6. The second-order valence-electron chi connectivity index (χ2n) is 5.14. The minimum absolute atomic E-state index is 0.288. The first kappa shape index (κ1) is 16.2. The number of nitrogens with zero attached hydrogens (tertiary/aromatic N) is 3. The highest BCUT2D eigenvalue weighted by molar-refractivity contribution is 5.95. The molecule has 1 amide bonds. The predicted molar refractivity (Wildman–Crippen MR) is 95.5 cm³/mol. The van der Waals surface area contributed by atoms with Gasteiger partial charge in [-0.25, -0.2) is 9.97 Å². The van der Waals surface area contributed by atoms with Crippen LogP contribution in [0.5, 0.6) is 0 Å². The summed E-state index contributed by atoms with van der Waals surface area (Å²) in [6, 6.07) is 12.6. The zero-order valence-electron chi connectivity index (χ0n) is 13.3. The Morgan fingerprint density at radius 3 is 2.60 bits per heavy atom. The van der Waals surface area contributed by atoms with Crippen molar-refractivity contribution in [2.45, 2.75) is 6.54 Å². The zero-order chi connectivity index (χ0) is 17.5. The van der Waals surface area contributed by atoms with Crippen LogP contribution in [-0.4, -0.2) is 20.9 Å². The van der Waals surface area contributed by atoms with Gasteiger partial charge in [0.2, 0.25) is 0 Å². The van der Waals surface area contributed by atoms with Crippen molar-refractivity contribution in [3.63, 3.8) is 0 Å². The molecule has 0 saturated carbocycles. The molecule has 3 aromatic rings. The smallest absolute Gasteiger partial charge is 0.269 e. The fourth-order valence-corrected chi connectivity index (χ4v) is 2.10. The van der Waals surface area contributed by atoms with E-state index < -0.39 is 0 Å². The number of hydrazine groups is 1. The van der Waals surface area contributed by atoms with Crippen LogP contribution in [-0.2, 0) is 6.54 Å². The molecule has 0 radical (unpaired) electrons. The lowest BCUT2D eigenvalue weighted by Crippen LogP contribution is -2.30. The number of amides is 1. The number of nitrogens with two attached hydrogens (primary N) is 1. The van der Waals surface area contributed by atoms with Crippen molar-refractivity contribution < 1.29 is 4.79 Å². The minimum Gasteiger partial charge on any atom is -0.393 e. The van der Waals surface area contributed by atoms with Crippen LogP contribution < -0.4 is 21.9 Å². The number of benzene rings is 1. The van der Waals surface area contributed by atoms with Crippen LogP contribution in [0.1, 0.15) is 15.9 Å². The molecule has 1 aromatic carbocycles. The Balaban J connectivity index is 1.63. The number of nitrogens with one attached hydrogen (secondary N) is 3. The van der Waals surface area contributed by atoms with Crippen molar-refractivity contribution in [1.29, 1.82) is 0 Å². The summed E-state index contributed by atoms with van der Waals surface area (Å²) in [6.07, 6.45) is 4.82. The number of anilines is 3. The van der Waals surface area contributed by atoms with E-state index in [1.807, 2.05) is 18.2 Å². The van der Waals surface area contributed by atoms with E-state index in [2.05, 4.69) is 31.1 Å². The maximum absolute atomic E-state index is 12.0. The average Bonchev–Trinajstić information content (AvgIpc) is 2.67. The van der Waals surface area contributed by atoms with Gasteiger partial charge in [-0.2, -0.15) is 0 Å². The van der Waals surface area contributed by atoms with Crippen LogP contribution in [0, 0.1) is 0 Å². The van der Waals surface area contributed by atoms with Crippen LogP contribution in [0.2, 0.25) is 0 Å². The lowest BCUT2D eigenvalue weighted by Gasteiger charge is -2.13. The van der Waals surface area contributed by atoms with E-state index in [0.717, 1.165) is 5.56 Å². The molecular weight excluding hydrogens is 318 g/mol. The quantitative estimate of drug-likeness (QED) is 0.507. The zero-order valence-corrected chi connectivity index (χ0v) is 13.3. The normalized spacial score (nSPS) is 10.1. The number of nitrogen functional groups attached to an aromatic ring is 1. The van der Waals surface area contributed by atoms with Crippen LogP contribution in [0.15, 0.2) is 61.2 Å². The molecule has 126 valence electrons. The molecular formula is C17H17N7O. The highest BCUT2D eigenvalue weighted by Gasteiger charge is 2.10. The summed E-state index contributed by atoms with van der Waals surface area (Å²) < 4.78 is 0. The van der Waals surface area contributed by atoms with Crippen LogP contribution in [0.25, 0.3) is 0 Å². The molecule has 0 atom stereocenters. The summed E-state index contributed by atoms with van der Waals surface area (Å²) in [7, 11) is 0. The molecule has 2 heterocycles. The molecule has 0 fully saturated rings.